The van der Waals surface area contributed by atoms with E-state index in [4.69, 9.17) is 5.11 Å². The standard InChI is InChI=1S/C9H3F7O2/c10-3-1-2(5(11)8(17)18)4(9(14,15)16)7(13)6(3)12/h1,5H,(H,17,18). The van der Waals surface area contributed by atoms with Gasteiger partial charge in [-0.1, -0.05) is 0 Å². The van der Waals surface area contributed by atoms with Crippen molar-refractivity contribution in [1.82, 2.24) is 0 Å². The van der Waals surface area contributed by atoms with Gasteiger partial charge >= 0.3 is 12.1 Å². The molecule has 0 radical (unpaired) electrons. The van der Waals surface area contributed by atoms with Gasteiger partial charge in [-0.25, -0.2) is 22.4 Å². The molecule has 0 aliphatic carbocycles. The van der Waals surface area contributed by atoms with E-state index in [2.05, 4.69) is 0 Å². The Morgan fingerprint density at radius 3 is 2.06 bits per heavy atom. The molecule has 1 N–H and O–H groups in total. The number of alkyl halides is 4. The smallest absolute Gasteiger partial charge is 0.419 e. The molecule has 1 aromatic rings. The molecule has 0 bridgehead atoms. The third-order valence-corrected chi connectivity index (χ3v) is 1.97. The predicted octanol–water partition coefficient (Wildman–Crippen LogP) is 3.22. The van der Waals surface area contributed by atoms with Gasteiger partial charge in [0.05, 0.1) is 0 Å². The fraction of sp³-hybridized carbons (Fsp3) is 0.222. The van der Waals surface area contributed by atoms with E-state index in [0.717, 1.165) is 0 Å². The number of benzene rings is 1. The van der Waals surface area contributed by atoms with Gasteiger partial charge in [-0.15, -0.1) is 0 Å². The highest BCUT2D eigenvalue weighted by Crippen LogP contribution is 2.39. The lowest BCUT2D eigenvalue weighted by molar-refractivity contribution is -0.146. The van der Waals surface area contributed by atoms with Crippen molar-refractivity contribution in [2.75, 3.05) is 0 Å². The van der Waals surface area contributed by atoms with Gasteiger partial charge in [-0.05, 0) is 6.07 Å². The van der Waals surface area contributed by atoms with Gasteiger partial charge < -0.3 is 5.11 Å². The summed E-state index contributed by atoms with van der Waals surface area (Å²) in [5.41, 5.74) is -4.30. The summed E-state index contributed by atoms with van der Waals surface area (Å²) in [7, 11) is 0. The van der Waals surface area contributed by atoms with Crippen LogP contribution in [0.25, 0.3) is 0 Å². The van der Waals surface area contributed by atoms with E-state index in [1.807, 2.05) is 0 Å². The van der Waals surface area contributed by atoms with Gasteiger partial charge in [0.15, 0.2) is 17.5 Å². The summed E-state index contributed by atoms with van der Waals surface area (Å²) in [4.78, 5) is 10.2. The maximum absolute atomic E-state index is 13.0. The maximum atomic E-state index is 13.0. The SMILES string of the molecule is O=C(O)C(F)c1cc(F)c(F)c(F)c1C(F)(F)F. The van der Waals surface area contributed by atoms with Crippen LogP contribution >= 0.6 is 0 Å². The maximum Gasteiger partial charge on any atom is 0.419 e. The van der Waals surface area contributed by atoms with E-state index in [9.17, 15) is 35.5 Å². The highest BCUT2D eigenvalue weighted by molar-refractivity contribution is 5.75. The Kier molecular flexibility index (Phi) is 3.54. The number of rotatable bonds is 2. The van der Waals surface area contributed by atoms with Gasteiger partial charge in [0.1, 0.15) is 5.56 Å². The normalized spacial score (nSPS) is 13.5. The molecule has 0 saturated carbocycles. The van der Waals surface area contributed by atoms with E-state index >= 15 is 0 Å². The third kappa shape index (κ3) is 2.39. The highest BCUT2D eigenvalue weighted by Gasteiger charge is 2.42. The van der Waals surface area contributed by atoms with E-state index in [-0.39, 0.29) is 6.07 Å². The summed E-state index contributed by atoms with van der Waals surface area (Å²) in [6, 6.07) is -0.333. The number of carboxylic acid groups (broad SMARTS) is 1. The van der Waals surface area contributed by atoms with Crippen molar-refractivity contribution < 1.29 is 40.6 Å². The zero-order valence-corrected chi connectivity index (χ0v) is 8.16. The molecule has 2 nitrogen and oxygen atoms in total. The van der Waals surface area contributed by atoms with Gasteiger partial charge in [-0.2, -0.15) is 13.2 Å². The summed E-state index contributed by atoms with van der Waals surface area (Å²) in [6.45, 7) is 0. The average Bonchev–Trinajstić information content (AvgIpc) is 2.22. The first-order chi connectivity index (χ1) is 8.07. The first-order valence-electron chi connectivity index (χ1n) is 4.18. The highest BCUT2D eigenvalue weighted by atomic mass is 19.4. The molecule has 9 heteroatoms. The van der Waals surface area contributed by atoms with Crippen molar-refractivity contribution in [3.63, 3.8) is 0 Å². The quantitative estimate of drug-likeness (QED) is 0.665. The molecule has 0 aromatic heterocycles. The van der Waals surface area contributed by atoms with E-state index < -0.39 is 46.9 Å². The Morgan fingerprint density at radius 1 is 1.17 bits per heavy atom. The molecular formula is C9H3F7O2. The van der Waals surface area contributed by atoms with Crippen LogP contribution in [0.5, 0.6) is 0 Å². The molecule has 1 rings (SSSR count). The molecule has 0 aliphatic heterocycles. The molecule has 0 amide bonds. The number of carboxylic acids is 1. The Hall–Kier alpha value is -1.80. The second-order valence-electron chi connectivity index (χ2n) is 3.15. The zero-order valence-electron chi connectivity index (χ0n) is 8.16. The van der Waals surface area contributed by atoms with Crippen LogP contribution in [0, 0.1) is 17.5 Å². The molecule has 0 heterocycles. The zero-order chi connectivity index (χ0) is 14.2. The number of carbonyl (C=O) groups is 1. The topological polar surface area (TPSA) is 37.3 Å². The van der Waals surface area contributed by atoms with Crippen molar-refractivity contribution >= 4 is 5.97 Å². The van der Waals surface area contributed by atoms with Crippen molar-refractivity contribution in [3.8, 4) is 0 Å². The minimum atomic E-state index is -5.56. The molecule has 0 saturated heterocycles. The first-order valence-corrected chi connectivity index (χ1v) is 4.18. The molecular weight excluding hydrogens is 273 g/mol. The van der Waals surface area contributed by atoms with E-state index in [1.165, 1.54) is 0 Å². The molecule has 100 valence electrons. The molecule has 0 spiro atoms. The van der Waals surface area contributed by atoms with Gasteiger partial charge in [0.25, 0.3) is 0 Å². The fourth-order valence-corrected chi connectivity index (χ4v) is 1.23. The summed E-state index contributed by atoms with van der Waals surface area (Å²) in [5, 5.41) is 8.20. The van der Waals surface area contributed by atoms with Crippen LogP contribution in [0.3, 0.4) is 0 Å². The summed E-state index contributed by atoms with van der Waals surface area (Å²) >= 11 is 0. The van der Waals surface area contributed by atoms with Crippen molar-refractivity contribution in [2.24, 2.45) is 0 Å². The van der Waals surface area contributed by atoms with Crippen LogP contribution in [0.4, 0.5) is 30.7 Å². The predicted molar refractivity (Wildman–Crippen MR) is 42.8 cm³/mol. The summed E-state index contributed by atoms with van der Waals surface area (Å²) in [5.74, 6) is -9.63. The van der Waals surface area contributed by atoms with Crippen LogP contribution in [-0.4, -0.2) is 11.1 Å². The van der Waals surface area contributed by atoms with Gasteiger partial charge in [0.2, 0.25) is 6.17 Å². The molecule has 1 atom stereocenters. The Labute approximate surface area is 94.6 Å². The molecule has 18 heavy (non-hydrogen) atoms. The number of aliphatic carboxylic acids is 1. The lowest BCUT2D eigenvalue weighted by Gasteiger charge is -2.15. The minimum Gasteiger partial charge on any atom is -0.479 e. The lowest BCUT2D eigenvalue weighted by Crippen LogP contribution is -2.19. The number of hydrogen-bond acceptors (Lipinski definition) is 1. The number of halogens is 7. The number of hydrogen-bond donors (Lipinski definition) is 1. The minimum absolute atomic E-state index is 0.333. The molecule has 1 aromatic carbocycles. The van der Waals surface area contributed by atoms with Crippen LogP contribution in [0.15, 0.2) is 6.07 Å². The van der Waals surface area contributed by atoms with Crippen LogP contribution < -0.4 is 0 Å². The first kappa shape index (κ1) is 14.3. The summed E-state index contributed by atoms with van der Waals surface area (Å²) in [6.07, 6.45) is -8.89. The average molecular weight is 276 g/mol. The van der Waals surface area contributed by atoms with E-state index in [1.54, 1.807) is 0 Å². The third-order valence-electron chi connectivity index (χ3n) is 1.97. The molecule has 0 fully saturated rings. The largest absolute Gasteiger partial charge is 0.479 e. The summed E-state index contributed by atoms with van der Waals surface area (Å²) < 4.78 is 88.3. The molecule has 1 unspecified atom stereocenters. The lowest BCUT2D eigenvalue weighted by atomic mass is 10.0. The van der Waals surface area contributed by atoms with Gasteiger partial charge in [0, 0.05) is 5.56 Å². The van der Waals surface area contributed by atoms with Crippen molar-refractivity contribution in [2.45, 2.75) is 12.3 Å². The Morgan fingerprint density at radius 2 is 1.67 bits per heavy atom. The van der Waals surface area contributed by atoms with Crippen LogP contribution in [0.2, 0.25) is 0 Å². The van der Waals surface area contributed by atoms with Crippen molar-refractivity contribution in [3.05, 3.63) is 34.6 Å². The monoisotopic (exact) mass is 276 g/mol. The second-order valence-corrected chi connectivity index (χ2v) is 3.15. The Balaban J connectivity index is 3.65. The Bertz CT molecular complexity index is 495. The van der Waals surface area contributed by atoms with Crippen molar-refractivity contribution in [1.29, 1.82) is 0 Å². The van der Waals surface area contributed by atoms with Crippen LogP contribution in [0.1, 0.15) is 17.3 Å². The van der Waals surface area contributed by atoms with Gasteiger partial charge in [-0.3, -0.25) is 0 Å². The molecule has 0 aliphatic rings. The fourth-order valence-electron chi connectivity index (χ4n) is 1.23. The van der Waals surface area contributed by atoms with Crippen LogP contribution in [-0.2, 0) is 11.0 Å². The van der Waals surface area contributed by atoms with E-state index in [0.29, 0.717) is 0 Å². The second kappa shape index (κ2) is 4.46.